The maximum atomic E-state index is 13.4. The van der Waals surface area contributed by atoms with Gasteiger partial charge in [-0.05, 0) is 37.1 Å². The van der Waals surface area contributed by atoms with Gasteiger partial charge in [-0.25, -0.2) is 0 Å². The molecule has 0 amide bonds. The molecule has 2 aromatic rings. The SMILES string of the molecule is Cc1nn(CC2(C)COC2)c(C)c1-c1cc(C(F)(F)F)cc2c1C=NC2. The average Bonchev–Trinajstić information content (AvgIpc) is 3.09. The fourth-order valence-corrected chi connectivity index (χ4v) is 3.75. The second-order valence-corrected chi connectivity index (χ2v) is 7.57. The molecule has 1 saturated heterocycles. The van der Waals surface area contributed by atoms with Crippen molar-refractivity contribution in [2.45, 2.75) is 40.0 Å². The lowest BCUT2D eigenvalue weighted by Gasteiger charge is -2.38. The first-order valence-corrected chi connectivity index (χ1v) is 8.54. The lowest BCUT2D eigenvalue weighted by molar-refractivity contribution is -0.137. The van der Waals surface area contributed by atoms with Crippen molar-refractivity contribution in [3.8, 4) is 11.1 Å². The summed E-state index contributed by atoms with van der Waals surface area (Å²) < 4.78 is 47.3. The van der Waals surface area contributed by atoms with Crippen molar-refractivity contribution >= 4 is 6.21 Å². The number of benzene rings is 1. The Balaban J connectivity index is 1.84. The zero-order valence-corrected chi connectivity index (χ0v) is 14.9. The van der Waals surface area contributed by atoms with E-state index in [4.69, 9.17) is 4.74 Å². The number of aromatic nitrogens is 2. The van der Waals surface area contributed by atoms with Crippen LogP contribution in [0, 0.1) is 19.3 Å². The van der Waals surface area contributed by atoms with E-state index in [1.807, 2.05) is 18.5 Å². The number of alkyl halides is 3. The molecule has 2 aliphatic rings. The molecule has 1 aromatic carbocycles. The summed E-state index contributed by atoms with van der Waals surface area (Å²) in [7, 11) is 0. The second-order valence-electron chi connectivity index (χ2n) is 7.57. The molecule has 4 nitrogen and oxygen atoms in total. The Kier molecular flexibility index (Phi) is 3.77. The van der Waals surface area contributed by atoms with Crippen molar-refractivity contribution in [2.75, 3.05) is 13.2 Å². The summed E-state index contributed by atoms with van der Waals surface area (Å²) in [5, 5.41) is 4.61. The van der Waals surface area contributed by atoms with Crippen LogP contribution in [0.25, 0.3) is 11.1 Å². The summed E-state index contributed by atoms with van der Waals surface area (Å²) in [6.45, 7) is 8.21. The third-order valence-corrected chi connectivity index (χ3v) is 5.16. The summed E-state index contributed by atoms with van der Waals surface area (Å²) in [6.07, 6.45) is -2.72. The van der Waals surface area contributed by atoms with Gasteiger partial charge in [0.05, 0.1) is 37.6 Å². The third kappa shape index (κ3) is 2.74. The molecule has 7 heteroatoms. The van der Waals surface area contributed by atoms with Crippen molar-refractivity contribution in [3.05, 3.63) is 40.2 Å². The topological polar surface area (TPSA) is 39.4 Å². The summed E-state index contributed by atoms with van der Waals surface area (Å²) in [5.74, 6) is 0. The fourth-order valence-electron chi connectivity index (χ4n) is 3.75. The average molecular weight is 363 g/mol. The first-order valence-electron chi connectivity index (χ1n) is 8.54. The van der Waals surface area contributed by atoms with Crippen molar-refractivity contribution in [1.29, 1.82) is 0 Å². The Hall–Kier alpha value is -2.15. The van der Waals surface area contributed by atoms with Gasteiger partial charge in [0, 0.05) is 28.5 Å². The molecular formula is C19H20F3N3O. The van der Waals surface area contributed by atoms with Crippen LogP contribution in [0.1, 0.15) is 35.0 Å². The predicted octanol–water partition coefficient (Wildman–Crippen LogP) is 4.15. The molecule has 0 atom stereocenters. The quantitative estimate of drug-likeness (QED) is 0.822. The molecule has 3 heterocycles. The van der Waals surface area contributed by atoms with E-state index in [1.165, 1.54) is 12.1 Å². The van der Waals surface area contributed by atoms with E-state index in [1.54, 1.807) is 6.21 Å². The first-order chi connectivity index (χ1) is 12.2. The van der Waals surface area contributed by atoms with Gasteiger partial charge in [0.25, 0.3) is 0 Å². The van der Waals surface area contributed by atoms with E-state index in [2.05, 4.69) is 17.0 Å². The third-order valence-electron chi connectivity index (χ3n) is 5.16. The molecule has 1 fully saturated rings. The van der Waals surface area contributed by atoms with Gasteiger partial charge in [0.1, 0.15) is 0 Å². The largest absolute Gasteiger partial charge is 0.416 e. The molecule has 0 saturated carbocycles. The van der Waals surface area contributed by atoms with Crippen LogP contribution in [0.4, 0.5) is 13.2 Å². The van der Waals surface area contributed by atoms with Gasteiger partial charge in [-0.15, -0.1) is 0 Å². The van der Waals surface area contributed by atoms with Crippen molar-refractivity contribution in [2.24, 2.45) is 10.4 Å². The number of rotatable bonds is 3. The van der Waals surface area contributed by atoms with Crippen molar-refractivity contribution in [1.82, 2.24) is 9.78 Å². The molecule has 2 aliphatic heterocycles. The number of fused-ring (bicyclic) bond motifs is 1. The lowest BCUT2D eigenvalue weighted by atomic mass is 9.88. The van der Waals surface area contributed by atoms with Gasteiger partial charge in [-0.1, -0.05) is 6.92 Å². The number of halogens is 3. The highest BCUT2D eigenvalue weighted by molar-refractivity contribution is 5.95. The highest BCUT2D eigenvalue weighted by Crippen LogP contribution is 2.39. The zero-order valence-electron chi connectivity index (χ0n) is 14.9. The normalized spacial score (nSPS) is 18.1. The Morgan fingerprint density at radius 3 is 2.58 bits per heavy atom. The molecule has 0 N–H and O–H groups in total. The molecule has 1 aromatic heterocycles. The van der Waals surface area contributed by atoms with Crippen LogP contribution >= 0.6 is 0 Å². The van der Waals surface area contributed by atoms with Crippen LogP contribution in [-0.2, 0) is 24.0 Å². The van der Waals surface area contributed by atoms with Crippen molar-refractivity contribution in [3.63, 3.8) is 0 Å². The van der Waals surface area contributed by atoms with E-state index in [0.717, 1.165) is 22.5 Å². The minimum Gasteiger partial charge on any atom is -0.380 e. The number of aliphatic imine (C=N–C) groups is 1. The van der Waals surface area contributed by atoms with Gasteiger partial charge in [0.15, 0.2) is 0 Å². The Morgan fingerprint density at radius 1 is 1.23 bits per heavy atom. The molecule has 0 aliphatic carbocycles. The van der Waals surface area contributed by atoms with E-state index in [9.17, 15) is 13.2 Å². The first kappa shape index (κ1) is 17.3. The second kappa shape index (κ2) is 5.67. The molecule has 26 heavy (non-hydrogen) atoms. The van der Waals surface area contributed by atoms with Crippen LogP contribution in [0.5, 0.6) is 0 Å². The van der Waals surface area contributed by atoms with Gasteiger partial charge in [-0.3, -0.25) is 9.67 Å². The summed E-state index contributed by atoms with van der Waals surface area (Å²) in [4.78, 5) is 4.17. The van der Waals surface area contributed by atoms with Gasteiger partial charge < -0.3 is 4.74 Å². The Labute approximate surface area is 149 Å². The molecule has 0 unspecified atom stereocenters. The standard InChI is InChI=1S/C19H20F3N3O/c1-11-17(12(2)25(24-11)8-18(3)9-26-10-18)15-5-14(19(20,21)22)4-13-6-23-7-16(13)15/h4-5,7H,6,8-10H2,1-3H3. The minimum atomic E-state index is -4.39. The summed E-state index contributed by atoms with van der Waals surface area (Å²) in [5.41, 5.74) is 3.70. The Morgan fingerprint density at radius 2 is 1.96 bits per heavy atom. The van der Waals surface area contributed by atoms with Gasteiger partial charge in [-0.2, -0.15) is 18.3 Å². The predicted molar refractivity (Wildman–Crippen MR) is 92.4 cm³/mol. The van der Waals surface area contributed by atoms with E-state index < -0.39 is 11.7 Å². The lowest BCUT2D eigenvalue weighted by Crippen LogP contribution is -2.43. The van der Waals surface area contributed by atoms with Crippen molar-refractivity contribution < 1.29 is 17.9 Å². The smallest absolute Gasteiger partial charge is 0.380 e. The molecular weight excluding hydrogens is 343 g/mol. The zero-order chi connectivity index (χ0) is 18.7. The number of nitrogens with zero attached hydrogens (tertiary/aromatic N) is 3. The number of hydrogen-bond acceptors (Lipinski definition) is 3. The summed E-state index contributed by atoms with van der Waals surface area (Å²) >= 11 is 0. The Bertz CT molecular complexity index is 908. The molecule has 0 spiro atoms. The van der Waals surface area contributed by atoms with E-state index in [-0.39, 0.29) is 12.0 Å². The molecule has 4 rings (SSSR count). The van der Waals surface area contributed by atoms with E-state index >= 15 is 0 Å². The van der Waals surface area contributed by atoms with Crippen LogP contribution in [-0.4, -0.2) is 29.2 Å². The van der Waals surface area contributed by atoms with Gasteiger partial charge >= 0.3 is 6.18 Å². The molecule has 138 valence electrons. The number of hydrogen-bond donors (Lipinski definition) is 0. The number of aryl methyl sites for hydroxylation is 1. The molecule has 0 bridgehead atoms. The van der Waals surface area contributed by atoms with Crippen LogP contribution in [0.15, 0.2) is 17.1 Å². The van der Waals surface area contributed by atoms with E-state index in [0.29, 0.717) is 30.9 Å². The van der Waals surface area contributed by atoms with Crippen LogP contribution < -0.4 is 0 Å². The summed E-state index contributed by atoms with van der Waals surface area (Å²) in [6, 6.07) is 2.43. The minimum absolute atomic E-state index is 0.0255. The fraction of sp³-hybridized carbons (Fsp3) is 0.474. The molecule has 0 radical (unpaired) electrons. The maximum absolute atomic E-state index is 13.4. The highest BCUT2D eigenvalue weighted by atomic mass is 19.4. The highest BCUT2D eigenvalue weighted by Gasteiger charge is 2.36. The van der Waals surface area contributed by atoms with Crippen LogP contribution in [0.2, 0.25) is 0 Å². The maximum Gasteiger partial charge on any atom is 0.416 e. The van der Waals surface area contributed by atoms with Gasteiger partial charge in [0.2, 0.25) is 0 Å². The van der Waals surface area contributed by atoms with Crippen LogP contribution in [0.3, 0.4) is 0 Å². The number of ether oxygens (including phenoxy) is 1. The monoisotopic (exact) mass is 363 g/mol.